The lowest BCUT2D eigenvalue weighted by atomic mass is 10.1. The van der Waals surface area contributed by atoms with Gasteiger partial charge >= 0.3 is 0 Å². The van der Waals surface area contributed by atoms with Gasteiger partial charge in [0.05, 0.1) is 6.54 Å². The topological polar surface area (TPSA) is 123 Å². The molecule has 0 aliphatic rings. The van der Waals surface area contributed by atoms with E-state index >= 15 is 0 Å². The number of anilines is 1. The molecular formula is C28H23N5O4. The zero-order chi connectivity index (χ0) is 25.8. The van der Waals surface area contributed by atoms with Crippen molar-refractivity contribution in [2.75, 3.05) is 5.32 Å². The van der Waals surface area contributed by atoms with Crippen LogP contribution in [0.4, 0.5) is 5.69 Å². The molecule has 2 amide bonds. The van der Waals surface area contributed by atoms with Crippen LogP contribution in [0.5, 0.6) is 0 Å². The molecule has 0 saturated heterocycles. The summed E-state index contributed by atoms with van der Waals surface area (Å²) >= 11 is 0. The molecule has 0 spiro atoms. The molecule has 3 heterocycles. The molecule has 0 bridgehead atoms. The minimum Gasteiger partial charge on any atom is -0.441 e. The van der Waals surface area contributed by atoms with Crippen LogP contribution in [-0.4, -0.2) is 26.9 Å². The summed E-state index contributed by atoms with van der Waals surface area (Å²) in [5.74, 6) is 0.826. The highest BCUT2D eigenvalue weighted by Gasteiger charge is 2.22. The van der Waals surface area contributed by atoms with Crippen molar-refractivity contribution in [1.29, 1.82) is 0 Å². The third-order valence-corrected chi connectivity index (χ3v) is 5.76. The summed E-state index contributed by atoms with van der Waals surface area (Å²) in [5, 5.41) is 9.82. The quantitative estimate of drug-likeness (QED) is 0.320. The standard InChI is InChI=1S/C28H23N5O4/c1-17-23(16-30-27(35)24-18(2)37-33-25(24)19-7-4-3-5-8-19)32-28(36-17)21-9-6-10-22(15-21)31-26(34)20-11-13-29-14-12-20/h3-15H,16H2,1-2H3,(H,30,35)(H,31,34). The molecule has 37 heavy (non-hydrogen) atoms. The minimum absolute atomic E-state index is 0.158. The van der Waals surface area contributed by atoms with Crippen LogP contribution in [-0.2, 0) is 6.54 Å². The van der Waals surface area contributed by atoms with Crippen LogP contribution in [0.1, 0.15) is 37.9 Å². The van der Waals surface area contributed by atoms with E-state index in [1.807, 2.05) is 36.4 Å². The first-order valence-electron chi connectivity index (χ1n) is 11.6. The maximum atomic E-state index is 13.0. The van der Waals surface area contributed by atoms with Crippen molar-refractivity contribution >= 4 is 17.5 Å². The van der Waals surface area contributed by atoms with Gasteiger partial charge in [-0.15, -0.1) is 0 Å². The Morgan fingerprint density at radius 1 is 0.865 bits per heavy atom. The zero-order valence-corrected chi connectivity index (χ0v) is 20.2. The van der Waals surface area contributed by atoms with Crippen LogP contribution in [0.25, 0.3) is 22.7 Å². The second-order valence-corrected chi connectivity index (χ2v) is 8.30. The number of rotatable bonds is 7. The number of amides is 2. The molecule has 0 atom stereocenters. The van der Waals surface area contributed by atoms with Gasteiger partial charge in [-0.1, -0.05) is 41.6 Å². The Hall–Kier alpha value is -5.05. The van der Waals surface area contributed by atoms with Crippen molar-refractivity contribution < 1.29 is 18.5 Å². The number of hydrogen-bond acceptors (Lipinski definition) is 7. The smallest absolute Gasteiger partial charge is 0.257 e. The summed E-state index contributed by atoms with van der Waals surface area (Å²) in [6, 6.07) is 19.9. The van der Waals surface area contributed by atoms with E-state index in [2.05, 4.69) is 25.8 Å². The first-order chi connectivity index (χ1) is 18.0. The van der Waals surface area contributed by atoms with E-state index in [1.54, 1.807) is 56.6 Å². The predicted molar refractivity (Wildman–Crippen MR) is 137 cm³/mol. The fraction of sp³-hybridized carbons (Fsp3) is 0.107. The summed E-state index contributed by atoms with van der Waals surface area (Å²) in [7, 11) is 0. The van der Waals surface area contributed by atoms with Crippen LogP contribution in [0.15, 0.2) is 88.1 Å². The van der Waals surface area contributed by atoms with E-state index < -0.39 is 0 Å². The normalized spacial score (nSPS) is 10.8. The molecule has 9 heteroatoms. The number of hydrogen-bond donors (Lipinski definition) is 2. The molecule has 0 saturated carbocycles. The number of oxazole rings is 1. The summed E-state index contributed by atoms with van der Waals surface area (Å²) in [6.45, 7) is 3.65. The van der Waals surface area contributed by atoms with Gasteiger partial charge < -0.3 is 19.6 Å². The number of carbonyl (C=O) groups excluding carboxylic acids is 2. The van der Waals surface area contributed by atoms with E-state index in [9.17, 15) is 9.59 Å². The Morgan fingerprint density at radius 2 is 1.62 bits per heavy atom. The summed E-state index contributed by atoms with van der Waals surface area (Å²) in [5.41, 5.74) is 4.04. The van der Waals surface area contributed by atoms with Crippen molar-refractivity contribution in [3.8, 4) is 22.7 Å². The highest BCUT2D eigenvalue weighted by Crippen LogP contribution is 2.27. The van der Waals surface area contributed by atoms with E-state index in [-0.39, 0.29) is 18.4 Å². The van der Waals surface area contributed by atoms with Gasteiger partial charge in [-0.25, -0.2) is 4.98 Å². The van der Waals surface area contributed by atoms with E-state index in [4.69, 9.17) is 8.94 Å². The zero-order valence-electron chi connectivity index (χ0n) is 20.2. The second-order valence-electron chi connectivity index (χ2n) is 8.30. The molecule has 2 aromatic carbocycles. The van der Waals surface area contributed by atoms with Crippen molar-refractivity contribution in [3.05, 3.63) is 107 Å². The molecule has 5 rings (SSSR count). The number of pyridine rings is 1. The van der Waals surface area contributed by atoms with Crippen molar-refractivity contribution in [2.45, 2.75) is 20.4 Å². The SMILES string of the molecule is Cc1oc(-c2cccc(NC(=O)c3ccncc3)c2)nc1CNC(=O)c1c(-c2ccccc2)noc1C. The number of benzene rings is 2. The van der Waals surface area contributed by atoms with E-state index in [1.165, 1.54) is 0 Å². The average Bonchev–Trinajstić information content (AvgIpc) is 3.50. The van der Waals surface area contributed by atoms with Gasteiger partial charge in [-0.2, -0.15) is 0 Å². The number of carbonyl (C=O) groups is 2. The predicted octanol–water partition coefficient (Wildman–Crippen LogP) is 5.19. The first kappa shape index (κ1) is 23.7. The molecule has 0 unspecified atom stereocenters. The Labute approximate surface area is 212 Å². The third kappa shape index (κ3) is 5.15. The minimum atomic E-state index is -0.317. The number of aryl methyl sites for hydroxylation is 2. The van der Waals surface area contributed by atoms with Crippen LogP contribution in [0.3, 0.4) is 0 Å². The van der Waals surface area contributed by atoms with E-state index in [0.717, 1.165) is 5.56 Å². The number of nitrogens with one attached hydrogen (secondary N) is 2. The average molecular weight is 494 g/mol. The van der Waals surface area contributed by atoms with Gasteiger partial charge in [0.15, 0.2) is 0 Å². The molecule has 2 N–H and O–H groups in total. The van der Waals surface area contributed by atoms with Crippen LogP contribution < -0.4 is 10.6 Å². The molecule has 5 aromatic rings. The van der Waals surface area contributed by atoms with Gasteiger partial charge in [0.1, 0.15) is 28.5 Å². The van der Waals surface area contributed by atoms with Crippen molar-refractivity contribution in [2.24, 2.45) is 0 Å². The highest BCUT2D eigenvalue weighted by atomic mass is 16.5. The van der Waals surface area contributed by atoms with Crippen LogP contribution in [0.2, 0.25) is 0 Å². The van der Waals surface area contributed by atoms with Gasteiger partial charge in [-0.3, -0.25) is 14.6 Å². The highest BCUT2D eigenvalue weighted by molar-refractivity contribution is 6.04. The summed E-state index contributed by atoms with van der Waals surface area (Å²) in [4.78, 5) is 34.0. The second kappa shape index (κ2) is 10.3. The van der Waals surface area contributed by atoms with Gasteiger partial charge in [0.2, 0.25) is 5.89 Å². The third-order valence-electron chi connectivity index (χ3n) is 5.76. The van der Waals surface area contributed by atoms with Crippen molar-refractivity contribution in [3.63, 3.8) is 0 Å². The Balaban J connectivity index is 1.30. The van der Waals surface area contributed by atoms with Gasteiger partial charge in [-0.05, 0) is 44.2 Å². The molecule has 184 valence electrons. The van der Waals surface area contributed by atoms with Crippen LogP contribution >= 0.6 is 0 Å². The molecule has 0 aliphatic carbocycles. The van der Waals surface area contributed by atoms with Gasteiger partial charge in [0, 0.05) is 34.8 Å². The lowest BCUT2D eigenvalue weighted by molar-refractivity contribution is 0.0948. The first-order valence-corrected chi connectivity index (χ1v) is 11.6. The molecule has 9 nitrogen and oxygen atoms in total. The maximum absolute atomic E-state index is 13.0. The lowest BCUT2D eigenvalue weighted by Crippen LogP contribution is -2.24. The molecule has 0 radical (unpaired) electrons. The molecule has 3 aromatic heterocycles. The largest absolute Gasteiger partial charge is 0.441 e. The monoisotopic (exact) mass is 493 g/mol. The van der Waals surface area contributed by atoms with Crippen molar-refractivity contribution in [1.82, 2.24) is 20.4 Å². The lowest BCUT2D eigenvalue weighted by Gasteiger charge is -2.06. The fourth-order valence-corrected chi connectivity index (χ4v) is 3.84. The number of aromatic nitrogens is 3. The van der Waals surface area contributed by atoms with E-state index in [0.29, 0.717) is 51.2 Å². The fourth-order valence-electron chi connectivity index (χ4n) is 3.84. The molecule has 0 aliphatic heterocycles. The Bertz CT molecular complexity index is 1560. The van der Waals surface area contributed by atoms with Gasteiger partial charge in [0.25, 0.3) is 11.8 Å². The molecule has 0 fully saturated rings. The Kier molecular flexibility index (Phi) is 6.58. The molecular weight excluding hydrogens is 470 g/mol. The van der Waals surface area contributed by atoms with Crippen LogP contribution in [0, 0.1) is 13.8 Å². The summed E-state index contributed by atoms with van der Waals surface area (Å²) in [6.07, 6.45) is 3.13. The number of nitrogens with zero attached hydrogens (tertiary/aromatic N) is 3. The summed E-state index contributed by atoms with van der Waals surface area (Å²) < 4.78 is 11.2. The Morgan fingerprint density at radius 3 is 2.41 bits per heavy atom. The maximum Gasteiger partial charge on any atom is 0.257 e.